The number of rotatable bonds is 2. The lowest BCUT2D eigenvalue weighted by Crippen LogP contribution is -2.48. The number of nitrogens with one attached hydrogen (secondary N) is 1. The Morgan fingerprint density at radius 1 is 1.23 bits per heavy atom. The van der Waals surface area contributed by atoms with Gasteiger partial charge in [-0.1, -0.05) is 0 Å². The van der Waals surface area contributed by atoms with Crippen LogP contribution in [0.5, 0.6) is 0 Å². The van der Waals surface area contributed by atoms with Gasteiger partial charge in [-0.2, -0.15) is 0 Å². The molecule has 3 N–H and O–H groups in total. The summed E-state index contributed by atoms with van der Waals surface area (Å²) in [6.07, 6.45) is 9.20. The van der Waals surface area contributed by atoms with Crippen LogP contribution in [0.1, 0.15) is 32.1 Å². The fourth-order valence-corrected chi connectivity index (χ4v) is 3.88. The fraction of sp³-hybridized carbons (Fsp3) is 0.533. The number of nitrogen functional groups attached to an aromatic ring is 1. The largest absolute Gasteiger partial charge is 0.383 e. The van der Waals surface area contributed by atoms with Gasteiger partial charge in [0.1, 0.15) is 5.82 Å². The summed E-state index contributed by atoms with van der Waals surface area (Å²) in [5.41, 5.74) is 6.94. The van der Waals surface area contributed by atoms with Gasteiger partial charge in [-0.3, -0.25) is 0 Å². The number of fused-ring (bicyclic) bond motifs is 1. The average Bonchev–Trinajstić information content (AvgIpc) is 2.50. The molecule has 116 valence electrons. The van der Waals surface area contributed by atoms with E-state index in [1.807, 2.05) is 0 Å². The Labute approximate surface area is 142 Å². The maximum absolute atomic E-state index is 5.88. The summed E-state index contributed by atoms with van der Waals surface area (Å²) in [6.45, 7) is 0.930. The van der Waals surface area contributed by atoms with Crippen LogP contribution in [0.4, 0.5) is 11.8 Å². The molecule has 6 nitrogen and oxygen atoms in total. The third-order valence-electron chi connectivity index (χ3n) is 4.80. The lowest BCUT2D eigenvalue weighted by atomic mass is 9.77. The molecule has 1 saturated carbocycles. The number of anilines is 2. The Hall–Kier alpha value is -1.22. The summed E-state index contributed by atoms with van der Waals surface area (Å²) in [6, 6.07) is 0.420. The SMILES string of the molecule is Nc1ncc(I)c2nc(N[C@H]3CC[C@@]4(CCO4)CC3)ncc12. The molecule has 1 spiro atoms. The van der Waals surface area contributed by atoms with E-state index in [9.17, 15) is 0 Å². The number of hydrogen-bond acceptors (Lipinski definition) is 6. The quantitative estimate of drug-likeness (QED) is 0.740. The molecule has 0 amide bonds. The van der Waals surface area contributed by atoms with Gasteiger partial charge in [0.15, 0.2) is 0 Å². The van der Waals surface area contributed by atoms with E-state index < -0.39 is 0 Å². The lowest BCUT2D eigenvalue weighted by Gasteiger charge is -2.46. The molecular formula is C15H18IN5O. The van der Waals surface area contributed by atoms with E-state index in [-0.39, 0.29) is 5.60 Å². The molecule has 7 heteroatoms. The molecule has 0 bridgehead atoms. The summed E-state index contributed by atoms with van der Waals surface area (Å²) >= 11 is 2.23. The minimum atomic E-state index is 0.192. The minimum Gasteiger partial charge on any atom is -0.383 e. The Balaban J connectivity index is 1.51. The maximum atomic E-state index is 5.88. The van der Waals surface area contributed by atoms with E-state index in [1.54, 1.807) is 12.4 Å². The van der Waals surface area contributed by atoms with Crippen LogP contribution >= 0.6 is 22.6 Å². The highest BCUT2D eigenvalue weighted by Gasteiger charge is 2.41. The van der Waals surface area contributed by atoms with Crippen molar-refractivity contribution in [1.82, 2.24) is 15.0 Å². The van der Waals surface area contributed by atoms with Gasteiger partial charge in [-0.15, -0.1) is 0 Å². The Kier molecular flexibility index (Phi) is 3.56. The van der Waals surface area contributed by atoms with Gasteiger partial charge in [0.05, 0.1) is 26.7 Å². The van der Waals surface area contributed by atoms with E-state index >= 15 is 0 Å². The first kappa shape index (κ1) is 14.4. The standard InChI is InChI=1S/C15H18IN5O/c16-11-8-18-13(17)10-7-19-14(21-12(10)11)20-9-1-3-15(4-2-9)5-6-22-15/h7-9H,1-6H2,(H2,17,18)(H,19,20,21)/t9-,15-. The predicted octanol–water partition coefficient (Wildman–Crippen LogP) is 2.73. The average molecular weight is 411 g/mol. The number of ether oxygens (including phenoxy) is 1. The predicted molar refractivity (Wildman–Crippen MR) is 93.6 cm³/mol. The van der Waals surface area contributed by atoms with Crippen LogP contribution in [0, 0.1) is 3.57 Å². The van der Waals surface area contributed by atoms with Crippen molar-refractivity contribution in [2.24, 2.45) is 0 Å². The normalized spacial score (nSPS) is 27.8. The summed E-state index contributed by atoms with van der Waals surface area (Å²) in [5.74, 6) is 1.15. The molecule has 1 aliphatic carbocycles. The van der Waals surface area contributed by atoms with Gasteiger partial charge in [0.25, 0.3) is 0 Å². The number of nitrogens with zero attached hydrogens (tertiary/aromatic N) is 3. The van der Waals surface area contributed by atoms with Gasteiger partial charge in [0, 0.05) is 18.4 Å². The monoisotopic (exact) mass is 411 g/mol. The zero-order chi connectivity index (χ0) is 15.2. The van der Waals surface area contributed by atoms with Gasteiger partial charge in [0.2, 0.25) is 5.95 Å². The highest BCUT2D eigenvalue weighted by atomic mass is 127. The number of hydrogen-bond donors (Lipinski definition) is 2. The van der Waals surface area contributed by atoms with Crippen molar-refractivity contribution in [2.45, 2.75) is 43.7 Å². The molecule has 2 fully saturated rings. The molecule has 3 heterocycles. The minimum absolute atomic E-state index is 0.192. The molecule has 1 aliphatic heterocycles. The summed E-state index contributed by atoms with van der Waals surface area (Å²) < 4.78 is 6.75. The highest BCUT2D eigenvalue weighted by molar-refractivity contribution is 14.1. The second kappa shape index (κ2) is 5.45. The van der Waals surface area contributed by atoms with Crippen molar-refractivity contribution in [2.75, 3.05) is 17.7 Å². The molecule has 22 heavy (non-hydrogen) atoms. The first-order valence-corrected chi connectivity index (χ1v) is 8.70. The molecule has 0 atom stereocenters. The zero-order valence-electron chi connectivity index (χ0n) is 12.2. The van der Waals surface area contributed by atoms with Gasteiger partial charge < -0.3 is 15.8 Å². The van der Waals surface area contributed by atoms with Crippen LogP contribution in [-0.2, 0) is 4.74 Å². The molecule has 2 aromatic rings. The summed E-state index contributed by atoms with van der Waals surface area (Å²) in [5, 5.41) is 4.27. The van der Waals surface area contributed by atoms with Crippen molar-refractivity contribution in [1.29, 1.82) is 0 Å². The van der Waals surface area contributed by atoms with E-state index in [1.165, 1.54) is 6.42 Å². The molecule has 4 rings (SSSR count). The molecule has 0 unspecified atom stereocenters. The van der Waals surface area contributed by atoms with Crippen LogP contribution in [0.2, 0.25) is 0 Å². The van der Waals surface area contributed by atoms with Crippen LogP contribution in [-0.4, -0.2) is 33.2 Å². The summed E-state index contributed by atoms with van der Waals surface area (Å²) in [7, 11) is 0. The first-order valence-electron chi connectivity index (χ1n) is 7.62. The number of pyridine rings is 1. The Bertz CT molecular complexity index is 708. The second-order valence-corrected chi connectivity index (χ2v) is 7.31. The van der Waals surface area contributed by atoms with E-state index in [0.29, 0.717) is 17.8 Å². The van der Waals surface area contributed by atoms with Gasteiger partial charge >= 0.3 is 0 Å². The smallest absolute Gasteiger partial charge is 0.223 e. The fourth-order valence-electron chi connectivity index (χ4n) is 3.33. The topological polar surface area (TPSA) is 86.0 Å². The molecule has 0 radical (unpaired) electrons. The third-order valence-corrected chi connectivity index (χ3v) is 5.59. The molecule has 1 saturated heterocycles. The van der Waals surface area contributed by atoms with Crippen molar-refractivity contribution >= 4 is 45.3 Å². The number of nitrogens with two attached hydrogens (primary N) is 1. The van der Waals surface area contributed by atoms with E-state index in [4.69, 9.17) is 10.5 Å². The van der Waals surface area contributed by atoms with Crippen molar-refractivity contribution in [3.8, 4) is 0 Å². The van der Waals surface area contributed by atoms with Gasteiger partial charge in [-0.05, 0) is 54.7 Å². The maximum Gasteiger partial charge on any atom is 0.223 e. The lowest BCUT2D eigenvalue weighted by molar-refractivity contribution is -0.165. The number of halogens is 1. The van der Waals surface area contributed by atoms with Crippen molar-refractivity contribution in [3.05, 3.63) is 16.0 Å². The Morgan fingerprint density at radius 3 is 2.68 bits per heavy atom. The van der Waals surface area contributed by atoms with Crippen LogP contribution in [0.3, 0.4) is 0 Å². The van der Waals surface area contributed by atoms with Crippen molar-refractivity contribution < 1.29 is 4.74 Å². The van der Waals surface area contributed by atoms with Crippen molar-refractivity contribution in [3.63, 3.8) is 0 Å². The second-order valence-electron chi connectivity index (χ2n) is 6.15. The molecule has 2 aliphatic rings. The van der Waals surface area contributed by atoms with Crippen LogP contribution < -0.4 is 11.1 Å². The Morgan fingerprint density at radius 2 is 2.00 bits per heavy atom. The molecule has 2 aromatic heterocycles. The van der Waals surface area contributed by atoms with E-state index in [2.05, 4.69) is 42.9 Å². The van der Waals surface area contributed by atoms with E-state index in [0.717, 1.165) is 46.8 Å². The van der Waals surface area contributed by atoms with Crippen LogP contribution in [0.25, 0.3) is 10.9 Å². The third kappa shape index (κ3) is 2.50. The first-order chi connectivity index (χ1) is 10.7. The molecular weight excluding hydrogens is 393 g/mol. The van der Waals surface area contributed by atoms with Crippen LogP contribution in [0.15, 0.2) is 12.4 Å². The molecule has 0 aromatic carbocycles. The highest BCUT2D eigenvalue weighted by Crippen LogP contribution is 2.40. The van der Waals surface area contributed by atoms with Gasteiger partial charge in [-0.25, -0.2) is 15.0 Å². The zero-order valence-corrected chi connectivity index (χ0v) is 14.3. The number of aromatic nitrogens is 3. The summed E-state index contributed by atoms with van der Waals surface area (Å²) in [4.78, 5) is 13.2.